The number of piperidine rings is 1. The van der Waals surface area contributed by atoms with Crippen LogP contribution in [0.5, 0.6) is 0 Å². The van der Waals surface area contributed by atoms with Gasteiger partial charge in [0.25, 0.3) is 6.43 Å². The topological polar surface area (TPSA) is 29.3 Å². The molecule has 2 nitrogen and oxygen atoms in total. The maximum Gasteiger partial charge on any atom is 0.263 e. The minimum absolute atomic E-state index is 0. The Bertz CT molecular complexity index is 357. The van der Waals surface area contributed by atoms with Gasteiger partial charge in [-0.2, -0.15) is 0 Å². The molecule has 1 fully saturated rings. The smallest absolute Gasteiger partial charge is 0.263 e. The van der Waals surface area contributed by atoms with E-state index in [2.05, 4.69) is 4.90 Å². The average Bonchev–Trinajstić information content (AvgIpc) is 2.29. The van der Waals surface area contributed by atoms with Crippen molar-refractivity contribution in [2.24, 2.45) is 5.73 Å². The Morgan fingerprint density at radius 3 is 2.50 bits per heavy atom. The second kappa shape index (κ2) is 7.02. The van der Waals surface area contributed by atoms with Crippen molar-refractivity contribution in [1.82, 2.24) is 4.90 Å². The molecule has 0 spiro atoms. The minimum Gasteiger partial charge on any atom is -0.327 e. The van der Waals surface area contributed by atoms with E-state index in [0.29, 0.717) is 0 Å². The van der Waals surface area contributed by atoms with Gasteiger partial charge in [-0.1, -0.05) is 24.3 Å². The van der Waals surface area contributed by atoms with Crippen LogP contribution < -0.4 is 5.73 Å². The molecule has 102 valence electrons. The molecule has 2 rings (SSSR count). The van der Waals surface area contributed by atoms with E-state index >= 15 is 0 Å². The van der Waals surface area contributed by atoms with Gasteiger partial charge in [-0.15, -0.1) is 12.4 Å². The van der Waals surface area contributed by atoms with Crippen LogP contribution in [0.1, 0.15) is 30.4 Å². The van der Waals surface area contributed by atoms with Crippen LogP contribution in [-0.2, 0) is 6.54 Å². The molecule has 1 saturated heterocycles. The Balaban J connectivity index is 0.00000162. The molecule has 1 atom stereocenters. The lowest BCUT2D eigenvalue weighted by atomic mass is 10.1. The molecule has 0 aromatic heterocycles. The number of halogens is 3. The standard InChI is InChI=1S/C13H18F2N2.ClH/c14-13(15)11-5-3-10(4-6-11)8-17-7-1-2-12(16)9-17;/h3-6,12-13H,1-2,7-9,16H2;1H. The quantitative estimate of drug-likeness (QED) is 0.920. The summed E-state index contributed by atoms with van der Waals surface area (Å²) in [5.74, 6) is 0. The second-order valence-corrected chi connectivity index (χ2v) is 4.68. The number of benzene rings is 1. The Labute approximate surface area is 113 Å². The number of hydrogen-bond acceptors (Lipinski definition) is 2. The first-order valence-corrected chi connectivity index (χ1v) is 6.00. The summed E-state index contributed by atoms with van der Waals surface area (Å²) < 4.78 is 24.8. The van der Waals surface area contributed by atoms with E-state index in [9.17, 15) is 8.78 Å². The van der Waals surface area contributed by atoms with E-state index in [1.807, 2.05) is 0 Å². The first-order chi connectivity index (χ1) is 8.15. The van der Waals surface area contributed by atoms with E-state index in [1.54, 1.807) is 12.1 Å². The summed E-state index contributed by atoms with van der Waals surface area (Å²) in [5, 5.41) is 0. The van der Waals surface area contributed by atoms with Crippen LogP contribution in [0.25, 0.3) is 0 Å². The van der Waals surface area contributed by atoms with Crippen molar-refractivity contribution in [1.29, 1.82) is 0 Å². The van der Waals surface area contributed by atoms with E-state index in [1.165, 1.54) is 12.1 Å². The van der Waals surface area contributed by atoms with Crippen molar-refractivity contribution < 1.29 is 8.78 Å². The molecule has 1 aliphatic rings. The molecule has 1 aromatic rings. The van der Waals surface area contributed by atoms with Crippen LogP contribution in [0.15, 0.2) is 24.3 Å². The third-order valence-corrected chi connectivity index (χ3v) is 3.18. The summed E-state index contributed by atoms with van der Waals surface area (Å²) in [6.07, 6.45) is -0.177. The number of likely N-dealkylation sites (tertiary alicyclic amines) is 1. The highest BCUT2D eigenvalue weighted by atomic mass is 35.5. The van der Waals surface area contributed by atoms with Crippen molar-refractivity contribution in [3.63, 3.8) is 0 Å². The fraction of sp³-hybridized carbons (Fsp3) is 0.538. The zero-order valence-electron chi connectivity index (χ0n) is 10.2. The molecule has 1 aromatic carbocycles. The molecule has 0 bridgehead atoms. The monoisotopic (exact) mass is 276 g/mol. The van der Waals surface area contributed by atoms with Crippen LogP contribution in [0, 0.1) is 0 Å². The Morgan fingerprint density at radius 1 is 1.28 bits per heavy atom. The second-order valence-electron chi connectivity index (χ2n) is 4.68. The normalized spacial score (nSPS) is 20.8. The zero-order chi connectivity index (χ0) is 12.3. The fourth-order valence-electron chi connectivity index (χ4n) is 2.26. The number of alkyl halides is 2. The molecule has 1 heterocycles. The molecule has 18 heavy (non-hydrogen) atoms. The molecule has 2 N–H and O–H groups in total. The highest BCUT2D eigenvalue weighted by molar-refractivity contribution is 5.85. The van der Waals surface area contributed by atoms with Crippen molar-refractivity contribution in [2.75, 3.05) is 13.1 Å². The molecule has 1 unspecified atom stereocenters. The third kappa shape index (κ3) is 4.19. The number of rotatable bonds is 3. The number of hydrogen-bond donors (Lipinski definition) is 1. The first kappa shape index (κ1) is 15.3. The maximum absolute atomic E-state index is 12.4. The molecule has 5 heteroatoms. The molecular weight excluding hydrogens is 258 g/mol. The van der Waals surface area contributed by atoms with Crippen LogP contribution in [-0.4, -0.2) is 24.0 Å². The van der Waals surface area contributed by atoms with Crippen molar-refractivity contribution >= 4 is 12.4 Å². The summed E-state index contributed by atoms with van der Waals surface area (Å²) in [4.78, 5) is 2.28. The van der Waals surface area contributed by atoms with Crippen molar-refractivity contribution in [3.8, 4) is 0 Å². The predicted molar refractivity (Wildman–Crippen MR) is 71.1 cm³/mol. The van der Waals surface area contributed by atoms with Gasteiger partial charge in [-0.25, -0.2) is 8.78 Å². The highest BCUT2D eigenvalue weighted by Crippen LogP contribution is 2.20. The first-order valence-electron chi connectivity index (χ1n) is 6.00. The maximum atomic E-state index is 12.4. The van der Waals surface area contributed by atoms with E-state index < -0.39 is 6.43 Å². The molecular formula is C13H19ClF2N2. The lowest BCUT2D eigenvalue weighted by Gasteiger charge is -2.30. The largest absolute Gasteiger partial charge is 0.327 e. The fourth-order valence-corrected chi connectivity index (χ4v) is 2.26. The number of nitrogens with zero attached hydrogens (tertiary/aromatic N) is 1. The highest BCUT2D eigenvalue weighted by Gasteiger charge is 2.16. The van der Waals surface area contributed by atoms with Crippen LogP contribution in [0.3, 0.4) is 0 Å². The van der Waals surface area contributed by atoms with E-state index in [0.717, 1.165) is 38.0 Å². The molecule has 0 amide bonds. The van der Waals surface area contributed by atoms with Gasteiger partial charge >= 0.3 is 0 Å². The van der Waals surface area contributed by atoms with Gasteiger partial charge in [0.15, 0.2) is 0 Å². The van der Waals surface area contributed by atoms with Gasteiger partial charge in [0, 0.05) is 24.7 Å². The van der Waals surface area contributed by atoms with Gasteiger partial charge in [-0.05, 0) is 24.9 Å². The average molecular weight is 277 g/mol. The van der Waals surface area contributed by atoms with E-state index in [4.69, 9.17) is 5.73 Å². The van der Waals surface area contributed by atoms with Crippen LogP contribution in [0.4, 0.5) is 8.78 Å². The lowest BCUT2D eigenvalue weighted by Crippen LogP contribution is -2.42. The third-order valence-electron chi connectivity index (χ3n) is 3.18. The summed E-state index contributed by atoms with van der Waals surface area (Å²) in [6, 6.07) is 6.82. The lowest BCUT2D eigenvalue weighted by molar-refractivity contribution is 0.151. The summed E-state index contributed by atoms with van der Waals surface area (Å²) >= 11 is 0. The van der Waals surface area contributed by atoms with Crippen LogP contribution in [0.2, 0.25) is 0 Å². The van der Waals surface area contributed by atoms with Crippen molar-refractivity contribution in [3.05, 3.63) is 35.4 Å². The molecule has 0 aliphatic carbocycles. The Kier molecular flexibility index (Phi) is 5.99. The molecule has 0 radical (unpaired) electrons. The van der Waals surface area contributed by atoms with Gasteiger partial charge in [-0.3, -0.25) is 4.90 Å². The van der Waals surface area contributed by atoms with Crippen molar-refractivity contribution in [2.45, 2.75) is 31.9 Å². The van der Waals surface area contributed by atoms with Gasteiger partial charge in [0.05, 0.1) is 0 Å². The number of nitrogens with two attached hydrogens (primary N) is 1. The van der Waals surface area contributed by atoms with Crippen LogP contribution >= 0.6 is 12.4 Å². The minimum atomic E-state index is -2.38. The summed E-state index contributed by atoms with van der Waals surface area (Å²) in [7, 11) is 0. The predicted octanol–water partition coefficient (Wildman–Crippen LogP) is 2.97. The molecule has 0 saturated carbocycles. The van der Waals surface area contributed by atoms with Gasteiger partial charge < -0.3 is 5.73 Å². The molecule has 1 aliphatic heterocycles. The van der Waals surface area contributed by atoms with Gasteiger partial charge in [0.2, 0.25) is 0 Å². The summed E-state index contributed by atoms with van der Waals surface area (Å²) in [6.45, 7) is 2.75. The van der Waals surface area contributed by atoms with Gasteiger partial charge in [0.1, 0.15) is 0 Å². The van der Waals surface area contributed by atoms with E-state index in [-0.39, 0.29) is 24.0 Å². The zero-order valence-corrected chi connectivity index (χ0v) is 11.0. The summed E-state index contributed by atoms with van der Waals surface area (Å²) in [5.41, 5.74) is 7.06. The Hall–Kier alpha value is -0.710. The SMILES string of the molecule is Cl.NC1CCCN(Cc2ccc(C(F)F)cc2)C1. The Morgan fingerprint density at radius 2 is 1.94 bits per heavy atom.